The van der Waals surface area contributed by atoms with E-state index >= 15 is 0 Å². The van der Waals surface area contributed by atoms with Gasteiger partial charge in [0.25, 0.3) is 0 Å². The van der Waals surface area contributed by atoms with Gasteiger partial charge in [0.2, 0.25) is 0 Å². The fourth-order valence-corrected chi connectivity index (χ4v) is 3.42. The minimum Gasteiger partial charge on any atom is -0.295 e. The molecule has 0 amide bonds. The van der Waals surface area contributed by atoms with Crippen molar-refractivity contribution in [3.63, 3.8) is 0 Å². The molecule has 2 aliphatic rings. The second kappa shape index (κ2) is 6.41. The smallest absolute Gasteiger partial charge is 0.121 e. The molecule has 1 aromatic rings. The summed E-state index contributed by atoms with van der Waals surface area (Å²) in [6.07, 6.45) is 10.4. The van der Waals surface area contributed by atoms with Gasteiger partial charge in [-0.05, 0) is 42.7 Å². The predicted octanol–water partition coefficient (Wildman–Crippen LogP) is 4.44. The van der Waals surface area contributed by atoms with Crippen LogP contribution in [0, 0.1) is 11.3 Å². The lowest BCUT2D eigenvalue weighted by Crippen LogP contribution is -2.32. The standard InChI is InChI=1S/C18H24N2/c19-13-18(20-15-7-3-1-2-4-8-15)17-10-6-5-9-16(17)14-11-12-14/h5-6,9-10,14-15,18,20H,1-4,7-8,11-12H2. The molecular formula is C18H24N2. The molecule has 0 bridgehead atoms. The molecule has 3 rings (SSSR count). The van der Waals surface area contributed by atoms with Gasteiger partial charge < -0.3 is 0 Å². The van der Waals surface area contributed by atoms with Crippen molar-refractivity contribution < 1.29 is 0 Å². The second-order valence-electron chi connectivity index (χ2n) is 6.32. The van der Waals surface area contributed by atoms with Crippen molar-refractivity contribution in [1.29, 1.82) is 5.26 Å². The Labute approximate surface area is 122 Å². The van der Waals surface area contributed by atoms with Gasteiger partial charge in [-0.2, -0.15) is 5.26 Å². The highest BCUT2D eigenvalue weighted by molar-refractivity contribution is 5.38. The summed E-state index contributed by atoms with van der Waals surface area (Å²) < 4.78 is 0. The van der Waals surface area contributed by atoms with Gasteiger partial charge in [-0.15, -0.1) is 0 Å². The second-order valence-corrected chi connectivity index (χ2v) is 6.32. The van der Waals surface area contributed by atoms with E-state index < -0.39 is 0 Å². The number of nitrogens with zero attached hydrogens (tertiary/aromatic N) is 1. The van der Waals surface area contributed by atoms with Crippen LogP contribution in [-0.4, -0.2) is 6.04 Å². The molecule has 1 aromatic carbocycles. The zero-order valence-corrected chi connectivity index (χ0v) is 12.1. The third kappa shape index (κ3) is 3.22. The number of hydrogen-bond donors (Lipinski definition) is 1. The molecule has 2 nitrogen and oxygen atoms in total. The molecule has 2 saturated carbocycles. The first kappa shape index (κ1) is 13.6. The first-order valence-electron chi connectivity index (χ1n) is 8.13. The summed E-state index contributed by atoms with van der Waals surface area (Å²) in [5.74, 6) is 0.706. The third-order valence-electron chi connectivity index (χ3n) is 4.71. The Hall–Kier alpha value is -1.33. The molecule has 106 valence electrons. The van der Waals surface area contributed by atoms with Crippen molar-refractivity contribution in [2.45, 2.75) is 69.4 Å². The largest absolute Gasteiger partial charge is 0.295 e. The molecule has 2 fully saturated rings. The van der Waals surface area contributed by atoms with E-state index in [9.17, 15) is 5.26 Å². The van der Waals surface area contributed by atoms with Gasteiger partial charge in [0.05, 0.1) is 6.07 Å². The first-order valence-corrected chi connectivity index (χ1v) is 8.13. The summed E-state index contributed by atoms with van der Waals surface area (Å²) >= 11 is 0. The number of rotatable bonds is 4. The van der Waals surface area contributed by atoms with Gasteiger partial charge in [-0.3, -0.25) is 5.32 Å². The van der Waals surface area contributed by atoms with Gasteiger partial charge in [-0.25, -0.2) is 0 Å². The lowest BCUT2D eigenvalue weighted by Gasteiger charge is -2.22. The molecule has 2 aliphatic carbocycles. The lowest BCUT2D eigenvalue weighted by molar-refractivity contribution is 0.435. The highest BCUT2D eigenvalue weighted by Gasteiger charge is 2.28. The zero-order chi connectivity index (χ0) is 13.8. The van der Waals surface area contributed by atoms with E-state index in [1.54, 1.807) is 0 Å². The van der Waals surface area contributed by atoms with Crippen molar-refractivity contribution in [3.05, 3.63) is 35.4 Å². The van der Waals surface area contributed by atoms with Crippen molar-refractivity contribution >= 4 is 0 Å². The van der Waals surface area contributed by atoms with Crippen molar-refractivity contribution in [2.75, 3.05) is 0 Å². The molecule has 1 N–H and O–H groups in total. The van der Waals surface area contributed by atoms with Crippen LogP contribution >= 0.6 is 0 Å². The Bertz CT molecular complexity index is 476. The molecule has 20 heavy (non-hydrogen) atoms. The van der Waals surface area contributed by atoms with E-state index in [2.05, 4.69) is 35.7 Å². The summed E-state index contributed by atoms with van der Waals surface area (Å²) in [7, 11) is 0. The van der Waals surface area contributed by atoms with Crippen LogP contribution in [0.2, 0.25) is 0 Å². The van der Waals surface area contributed by atoms with E-state index in [4.69, 9.17) is 0 Å². The van der Waals surface area contributed by atoms with Crippen molar-refractivity contribution in [3.8, 4) is 6.07 Å². The van der Waals surface area contributed by atoms with Crippen LogP contribution in [0.1, 0.15) is 74.5 Å². The Morgan fingerprint density at radius 1 is 1.00 bits per heavy atom. The van der Waals surface area contributed by atoms with Gasteiger partial charge in [-0.1, -0.05) is 49.9 Å². The number of hydrogen-bond acceptors (Lipinski definition) is 2. The minimum absolute atomic E-state index is 0.130. The number of nitriles is 1. The third-order valence-corrected chi connectivity index (χ3v) is 4.71. The minimum atomic E-state index is -0.130. The first-order chi connectivity index (χ1) is 9.88. The normalized spacial score (nSPS) is 21.9. The van der Waals surface area contributed by atoms with E-state index in [1.807, 2.05) is 0 Å². The van der Waals surface area contributed by atoms with E-state index in [0.717, 1.165) is 0 Å². The zero-order valence-electron chi connectivity index (χ0n) is 12.1. The van der Waals surface area contributed by atoms with E-state index in [0.29, 0.717) is 12.0 Å². The molecule has 0 radical (unpaired) electrons. The summed E-state index contributed by atoms with van der Waals surface area (Å²) in [5.41, 5.74) is 2.63. The van der Waals surface area contributed by atoms with Gasteiger partial charge in [0.15, 0.2) is 0 Å². The van der Waals surface area contributed by atoms with Crippen molar-refractivity contribution in [2.24, 2.45) is 0 Å². The topological polar surface area (TPSA) is 35.8 Å². The summed E-state index contributed by atoms with van der Waals surface area (Å²) in [5, 5.41) is 13.2. The maximum atomic E-state index is 9.59. The molecule has 0 heterocycles. The Morgan fingerprint density at radius 2 is 1.70 bits per heavy atom. The van der Waals surface area contributed by atoms with Crippen LogP contribution in [0.15, 0.2) is 24.3 Å². The Balaban J connectivity index is 1.74. The van der Waals surface area contributed by atoms with Crippen LogP contribution in [0.25, 0.3) is 0 Å². The number of nitrogens with one attached hydrogen (secondary N) is 1. The molecule has 0 spiro atoms. The summed E-state index contributed by atoms with van der Waals surface area (Å²) in [6, 6.07) is 11.4. The van der Waals surface area contributed by atoms with Crippen LogP contribution in [0.5, 0.6) is 0 Å². The van der Waals surface area contributed by atoms with Gasteiger partial charge >= 0.3 is 0 Å². The highest BCUT2D eigenvalue weighted by atomic mass is 14.9. The van der Waals surface area contributed by atoms with Crippen LogP contribution < -0.4 is 5.32 Å². The van der Waals surface area contributed by atoms with Gasteiger partial charge in [0, 0.05) is 6.04 Å². The summed E-state index contributed by atoms with van der Waals surface area (Å²) in [6.45, 7) is 0. The molecule has 1 atom stereocenters. The Morgan fingerprint density at radius 3 is 2.35 bits per heavy atom. The maximum absolute atomic E-state index is 9.59. The molecule has 2 heteroatoms. The Kier molecular flexibility index (Phi) is 4.38. The van der Waals surface area contributed by atoms with Crippen molar-refractivity contribution in [1.82, 2.24) is 5.32 Å². The predicted molar refractivity (Wildman–Crippen MR) is 81.4 cm³/mol. The molecule has 0 aromatic heterocycles. The average molecular weight is 268 g/mol. The molecule has 0 saturated heterocycles. The molecule has 0 aliphatic heterocycles. The maximum Gasteiger partial charge on any atom is 0.121 e. The lowest BCUT2D eigenvalue weighted by atomic mass is 9.96. The molecular weight excluding hydrogens is 244 g/mol. The fraction of sp³-hybridized carbons (Fsp3) is 0.611. The quantitative estimate of drug-likeness (QED) is 0.819. The number of benzene rings is 1. The van der Waals surface area contributed by atoms with Crippen LogP contribution in [0.3, 0.4) is 0 Å². The molecule has 1 unspecified atom stereocenters. The van der Waals surface area contributed by atoms with Crippen LogP contribution in [0.4, 0.5) is 0 Å². The van der Waals surface area contributed by atoms with Gasteiger partial charge in [0.1, 0.15) is 6.04 Å². The van der Waals surface area contributed by atoms with E-state index in [1.165, 1.54) is 62.5 Å². The average Bonchev–Trinajstić information content (AvgIpc) is 3.32. The monoisotopic (exact) mass is 268 g/mol. The fourth-order valence-electron chi connectivity index (χ4n) is 3.42. The van der Waals surface area contributed by atoms with Crippen LogP contribution in [-0.2, 0) is 0 Å². The summed E-state index contributed by atoms with van der Waals surface area (Å²) in [4.78, 5) is 0. The van der Waals surface area contributed by atoms with E-state index in [-0.39, 0.29) is 6.04 Å². The SMILES string of the molecule is N#CC(NC1CCCCCC1)c1ccccc1C1CC1. The highest BCUT2D eigenvalue weighted by Crippen LogP contribution is 2.43.